The number of hydrogen-bond acceptors (Lipinski definition) is 3. The van der Waals surface area contributed by atoms with Crippen molar-refractivity contribution < 1.29 is 0 Å². The second kappa shape index (κ2) is 2.97. The summed E-state index contributed by atoms with van der Waals surface area (Å²) < 4.78 is 1.38. The minimum absolute atomic E-state index is 0.172. The molecule has 1 aromatic rings. The van der Waals surface area contributed by atoms with Crippen LogP contribution in [0, 0.1) is 0 Å². The fraction of sp³-hybridized carbons (Fsp3) is 0.500. The Kier molecular flexibility index (Phi) is 2.17. The van der Waals surface area contributed by atoms with Gasteiger partial charge in [0.25, 0.3) is 5.56 Å². The van der Waals surface area contributed by atoms with Crippen molar-refractivity contribution in [3.63, 3.8) is 0 Å². The highest BCUT2D eigenvalue weighted by molar-refractivity contribution is 5.41. The maximum absolute atomic E-state index is 11.3. The van der Waals surface area contributed by atoms with Crippen molar-refractivity contribution in [2.45, 2.75) is 19.8 Å². The molecule has 0 radical (unpaired) electrons. The first-order valence-corrected chi connectivity index (χ1v) is 3.85. The SMILES string of the molecule is CC(C)c1ncn(C)c(=O)c1N. The van der Waals surface area contributed by atoms with E-state index in [0.717, 1.165) is 0 Å². The number of aryl methyl sites for hydroxylation is 1. The molecule has 0 aliphatic rings. The summed E-state index contributed by atoms with van der Waals surface area (Å²) in [5, 5.41) is 0. The number of nitrogens with zero attached hydrogens (tertiary/aromatic N) is 2. The summed E-state index contributed by atoms with van der Waals surface area (Å²) in [7, 11) is 1.63. The maximum atomic E-state index is 11.3. The van der Waals surface area contributed by atoms with Crippen molar-refractivity contribution >= 4 is 5.69 Å². The first-order valence-electron chi connectivity index (χ1n) is 3.85. The normalized spacial score (nSPS) is 10.7. The monoisotopic (exact) mass is 167 g/mol. The Balaban J connectivity index is 3.37. The van der Waals surface area contributed by atoms with Crippen LogP contribution >= 0.6 is 0 Å². The van der Waals surface area contributed by atoms with Crippen LogP contribution in [-0.2, 0) is 7.05 Å². The smallest absolute Gasteiger partial charge is 0.276 e. The predicted molar refractivity (Wildman–Crippen MR) is 48.0 cm³/mol. The molecule has 0 bridgehead atoms. The van der Waals surface area contributed by atoms with Crippen molar-refractivity contribution in [2.24, 2.45) is 7.05 Å². The van der Waals surface area contributed by atoms with Gasteiger partial charge in [-0.3, -0.25) is 4.79 Å². The number of rotatable bonds is 1. The van der Waals surface area contributed by atoms with Crippen molar-refractivity contribution in [1.82, 2.24) is 9.55 Å². The van der Waals surface area contributed by atoms with Crippen LogP contribution in [0.15, 0.2) is 11.1 Å². The molecule has 12 heavy (non-hydrogen) atoms. The molecule has 4 heteroatoms. The molecule has 4 nitrogen and oxygen atoms in total. The Bertz CT molecular complexity index is 341. The lowest BCUT2D eigenvalue weighted by molar-refractivity contribution is 0.762. The Morgan fingerprint density at radius 1 is 1.58 bits per heavy atom. The van der Waals surface area contributed by atoms with E-state index >= 15 is 0 Å². The van der Waals surface area contributed by atoms with Crippen LogP contribution in [0.5, 0.6) is 0 Å². The van der Waals surface area contributed by atoms with Gasteiger partial charge in [-0.05, 0) is 5.92 Å². The highest BCUT2D eigenvalue weighted by atomic mass is 16.1. The fourth-order valence-electron chi connectivity index (χ4n) is 1.03. The predicted octanol–water partition coefficient (Wildman–Crippen LogP) is 0.486. The molecule has 1 aromatic heterocycles. The molecular formula is C8H13N3O. The molecule has 0 aliphatic heterocycles. The quantitative estimate of drug-likeness (QED) is 0.662. The summed E-state index contributed by atoms with van der Waals surface area (Å²) in [6, 6.07) is 0. The van der Waals surface area contributed by atoms with Gasteiger partial charge in [0.1, 0.15) is 5.69 Å². The third-order valence-electron chi connectivity index (χ3n) is 1.74. The summed E-state index contributed by atoms with van der Waals surface area (Å²) in [5.74, 6) is 0.193. The lowest BCUT2D eigenvalue weighted by Crippen LogP contribution is -2.23. The molecule has 0 amide bonds. The number of nitrogens with two attached hydrogens (primary N) is 1. The molecule has 1 heterocycles. The summed E-state index contributed by atoms with van der Waals surface area (Å²) in [6.07, 6.45) is 1.49. The standard InChI is InChI=1S/C8H13N3O/c1-5(2)7-6(9)8(12)11(3)4-10-7/h4-5H,9H2,1-3H3. The Morgan fingerprint density at radius 3 is 2.67 bits per heavy atom. The second-order valence-electron chi connectivity index (χ2n) is 3.11. The van der Waals surface area contributed by atoms with Crippen molar-refractivity contribution in [2.75, 3.05) is 5.73 Å². The number of anilines is 1. The third kappa shape index (κ3) is 1.32. The van der Waals surface area contributed by atoms with Gasteiger partial charge < -0.3 is 10.3 Å². The van der Waals surface area contributed by atoms with Crippen molar-refractivity contribution in [3.8, 4) is 0 Å². The van der Waals surface area contributed by atoms with E-state index < -0.39 is 0 Å². The van der Waals surface area contributed by atoms with Crippen LogP contribution in [0.4, 0.5) is 5.69 Å². The van der Waals surface area contributed by atoms with E-state index in [0.29, 0.717) is 5.69 Å². The van der Waals surface area contributed by atoms with E-state index in [1.165, 1.54) is 10.9 Å². The zero-order chi connectivity index (χ0) is 9.30. The van der Waals surface area contributed by atoms with E-state index in [1.807, 2.05) is 13.8 Å². The van der Waals surface area contributed by atoms with Crippen LogP contribution in [0.2, 0.25) is 0 Å². The van der Waals surface area contributed by atoms with Gasteiger partial charge in [-0.25, -0.2) is 4.98 Å². The molecule has 0 saturated carbocycles. The highest BCUT2D eigenvalue weighted by Gasteiger charge is 2.09. The number of hydrogen-bond donors (Lipinski definition) is 1. The van der Waals surface area contributed by atoms with Gasteiger partial charge in [-0.2, -0.15) is 0 Å². The zero-order valence-electron chi connectivity index (χ0n) is 7.53. The van der Waals surface area contributed by atoms with Gasteiger partial charge in [0.15, 0.2) is 0 Å². The molecule has 66 valence electrons. The average molecular weight is 167 g/mol. The summed E-state index contributed by atoms with van der Waals surface area (Å²) in [5.41, 5.74) is 6.35. The van der Waals surface area contributed by atoms with E-state index in [2.05, 4.69) is 4.98 Å². The third-order valence-corrected chi connectivity index (χ3v) is 1.74. The van der Waals surface area contributed by atoms with Crippen LogP contribution in [0.25, 0.3) is 0 Å². The van der Waals surface area contributed by atoms with Crippen LogP contribution in [0.1, 0.15) is 25.5 Å². The number of aromatic nitrogens is 2. The van der Waals surface area contributed by atoms with E-state index in [4.69, 9.17) is 5.73 Å². The van der Waals surface area contributed by atoms with Gasteiger partial charge in [0.2, 0.25) is 0 Å². The largest absolute Gasteiger partial charge is 0.393 e. The topological polar surface area (TPSA) is 60.9 Å². The Labute approximate surface area is 71.0 Å². The average Bonchev–Trinajstić information content (AvgIpc) is 2.00. The second-order valence-corrected chi connectivity index (χ2v) is 3.11. The number of nitrogen functional groups attached to an aromatic ring is 1. The molecule has 0 saturated heterocycles. The van der Waals surface area contributed by atoms with Crippen LogP contribution < -0.4 is 11.3 Å². The lowest BCUT2D eigenvalue weighted by Gasteiger charge is -2.07. The first-order chi connectivity index (χ1) is 5.54. The maximum Gasteiger partial charge on any atom is 0.276 e. The molecule has 0 spiro atoms. The van der Waals surface area contributed by atoms with Gasteiger partial charge >= 0.3 is 0 Å². The van der Waals surface area contributed by atoms with Gasteiger partial charge in [0, 0.05) is 7.05 Å². The van der Waals surface area contributed by atoms with E-state index in [-0.39, 0.29) is 17.2 Å². The summed E-state index contributed by atoms with van der Waals surface area (Å²) in [6.45, 7) is 3.91. The van der Waals surface area contributed by atoms with Gasteiger partial charge in [-0.15, -0.1) is 0 Å². The summed E-state index contributed by atoms with van der Waals surface area (Å²) in [4.78, 5) is 15.4. The first kappa shape index (κ1) is 8.77. The van der Waals surface area contributed by atoms with Gasteiger partial charge in [-0.1, -0.05) is 13.8 Å². The van der Waals surface area contributed by atoms with E-state index in [1.54, 1.807) is 7.05 Å². The fourth-order valence-corrected chi connectivity index (χ4v) is 1.03. The van der Waals surface area contributed by atoms with E-state index in [9.17, 15) is 4.79 Å². The molecular weight excluding hydrogens is 154 g/mol. The van der Waals surface area contributed by atoms with Gasteiger partial charge in [0.05, 0.1) is 12.0 Å². The van der Waals surface area contributed by atoms with Crippen LogP contribution in [-0.4, -0.2) is 9.55 Å². The molecule has 0 unspecified atom stereocenters. The van der Waals surface area contributed by atoms with Crippen molar-refractivity contribution in [1.29, 1.82) is 0 Å². The molecule has 0 aromatic carbocycles. The molecule has 0 atom stereocenters. The molecule has 2 N–H and O–H groups in total. The molecule has 1 rings (SSSR count). The minimum Gasteiger partial charge on any atom is -0.393 e. The van der Waals surface area contributed by atoms with Crippen LogP contribution in [0.3, 0.4) is 0 Å². The molecule has 0 aliphatic carbocycles. The molecule has 0 fully saturated rings. The summed E-state index contributed by atoms with van der Waals surface area (Å²) >= 11 is 0. The lowest BCUT2D eigenvalue weighted by atomic mass is 10.1. The van der Waals surface area contributed by atoms with Crippen molar-refractivity contribution in [3.05, 3.63) is 22.4 Å². The Morgan fingerprint density at radius 2 is 2.17 bits per heavy atom. The highest BCUT2D eigenvalue weighted by Crippen LogP contribution is 2.13. The minimum atomic E-state index is -0.172. The Hall–Kier alpha value is -1.32. The zero-order valence-corrected chi connectivity index (χ0v) is 7.53.